The van der Waals surface area contributed by atoms with Crippen LogP contribution < -0.4 is 5.32 Å². The molecule has 0 aromatic heterocycles. The summed E-state index contributed by atoms with van der Waals surface area (Å²) in [6.07, 6.45) is 4.81. The van der Waals surface area contributed by atoms with E-state index in [1.807, 2.05) is 68.4 Å². The first-order valence-corrected chi connectivity index (χ1v) is 13.7. The van der Waals surface area contributed by atoms with Crippen molar-refractivity contribution in [3.05, 3.63) is 105 Å². The van der Waals surface area contributed by atoms with Gasteiger partial charge in [-0.05, 0) is 61.1 Å². The van der Waals surface area contributed by atoms with Crippen LogP contribution in [0.5, 0.6) is 0 Å². The number of carbonyl (C=O) groups excluding carboxylic acids is 2. The molecule has 194 valence electrons. The van der Waals surface area contributed by atoms with Crippen LogP contribution in [0.15, 0.2) is 66.7 Å². The second kappa shape index (κ2) is 12.6. The Morgan fingerprint density at radius 1 is 0.946 bits per heavy atom. The predicted molar refractivity (Wildman–Crippen MR) is 151 cm³/mol. The lowest BCUT2D eigenvalue weighted by molar-refractivity contribution is -0.141. The Balaban J connectivity index is 1.70. The summed E-state index contributed by atoms with van der Waals surface area (Å²) in [6.45, 7) is 4.25. The van der Waals surface area contributed by atoms with E-state index in [4.69, 9.17) is 23.2 Å². The fraction of sp³-hybridized carbons (Fsp3) is 0.355. The first-order chi connectivity index (χ1) is 17.8. The highest BCUT2D eigenvalue weighted by Gasteiger charge is 2.32. The van der Waals surface area contributed by atoms with Crippen LogP contribution >= 0.6 is 23.2 Å². The summed E-state index contributed by atoms with van der Waals surface area (Å²) in [5, 5.41) is 4.25. The van der Waals surface area contributed by atoms with E-state index in [1.165, 1.54) is 0 Å². The van der Waals surface area contributed by atoms with Crippen molar-refractivity contribution in [2.75, 3.05) is 0 Å². The van der Waals surface area contributed by atoms with Crippen molar-refractivity contribution in [3.8, 4) is 0 Å². The van der Waals surface area contributed by atoms with Crippen molar-refractivity contribution in [2.45, 2.75) is 71.0 Å². The molecular formula is C31H34Cl2N2O2. The second-order valence-corrected chi connectivity index (χ2v) is 10.9. The third kappa shape index (κ3) is 7.37. The Morgan fingerprint density at radius 2 is 1.68 bits per heavy atom. The van der Waals surface area contributed by atoms with Crippen molar-refractivity contribution < 1.29 is 9.59 Å². The zero-order chi connectivity index (χ0) is 26.4. The lowest BCUT2D eigenvalue weighted by Crippen LogP contribution is -2.52. The van der Waals surface area contributed by atoms with Gasteiger partial charge in [-0.2, -0.15) is 0 Å². The molecule has 3 aromatic carbocycles. The van der Waals surface area contributed by atoms with Crippen LogP contribution in [-0.2, 0) is 29.0 Å². The highest BCUT2D eigenvalue weighted by atomic mass is 35.5. The highest BCUT2D eigenvalue weighted by Crippen LogP contribution is 2.26. The van der Waals surface area contributed by atoms with Crippen LogP contribution in [0.4, 0.5) is 0 Å². The van der Waals surface area contributed by atoms with Gasteiger partial charge in [0.05, 0.1) is 6.42 Å². The van der Waals surface area contributed by atoms with Gasteiger partial charge in [0, 0.05) is 29.1 Å². The average Bonchev–Trinajstić information content (AvgIpc) is 3.38. The minimum Gasteiger partial charge on any atom is -0.352 e. The van der Waals surface area contributed by atoms with E-state index in [0.717, 1.165) is 53.5 Å². The first-order valence-electron chi connectivity index (χ1n) is 12.9. The third-order valence-electron chi connectivity index (χ3n) is 7.17. The average molecular weight is 538 g/mol. The minimum atomic E-state index is -0.674. The summed E-state index contributed by atoms with van der Waals surface area (Å²) in [7, 11) is 0. The van der Waals surface area contributed by atoms with Crippen molar-refractivity contribution in [2.24, 2.45) is 0 Å². The Morgan fingerprint density at radius 3 is 2.38 bits per heavy atom. The number of benzene rings is 3. The molecule has 1 unspecified atom stereocenters. The number of nitrogens with one attached hydrogen (secondary N) is 1. The van der Waals surface area contributed by atoms with Crippen molar-refractivity contribution in [1.82, 2.24) is 10.2 Å². The van der Waals surface area contributed by atoms with Gasteiger partial charge in [-0.15, -0.1) is 0 Å². The number of halogens is 2. The molecule has 0 bridgehead atoms. The van der Waals surface area contributed by atoms with Gasteiger partial charge >= 0.3 is 0 Å². The van der Waals surface area contributed by atoms with E-state index in [-0.39, 0.29) is 30.8 Å². The molecule has 6 heteroatoms. The molecular weight excluding hydrogens is 503 g/mol. The third-order valence-corrected chi connectivity index (χ3v) is 7.76. The van der Waals surface area contributed by atoms with Gasteiger partial charge in [-0.25, -0.2) is 0 Å². The Labute approximate surface area is 230 Å². The molecule has 1 N–H and O–H groups in total. The molecule has 0 heterocycles. The quantitative estimate of drug-likeness (QED) is 0.325. The molecule has 0 aliphatic heterocycles. The molecule has 1 atom stereocenters. The van der Waals surface area contributed by atoms with Gasteiger partial charge in [0.15, 0.2) is 0 Å². The number of hydrogen-bond acceptors (Lipinski definition) is 2. The fourth-order valence-corrected chi connectivity index (χ4v) is 5.48. The fourth-order valence-electron chi connectivity index (χ4n) is 5.01. The molecule has 3 aromatic rings. The van der Waals surface area contributed by atoms with Crippen LogP contribution in [0, 0.1) is 13.8 Å². The maximum atomic E-state index is 14.0. The zero-order valence-electron chi connectivity index (χ0n) is 21.5. The normalized spacial score (nSPS) is 14.4. The first kappa shape index (κ1) is 27.2. The van der Waals surface area contributed by atoms with Gasteiger partial charge in [0.1, 0.15) is 6.04 Å². The molecule has 37 heavy (non-hydrogen) atoms. The smallest absolute Gasteiger partial charge is 0.243 e. The topological polar surface area (TPSA) is 49.4 Å². The maximum absolute atomic E-state index is 14.0. The molecule has 1 aliphatic carbocycles. The molecule has 4 nitrogen and oxygen atoms in total. The van der Waals surface area contributed by atoms with Gasteiger partial charge in [0.25, 0.3) is 0 Å². The minimum absolute atomic E-state index is 0.109. The lowest BCUT2D eigenvalue weighted by Gasteiger charge is -2.33. The van der Waals surface area contributed by atoms with E-state index >= 15 is 0 Å². The maximum Gasteiger partial charge on any atom is 0.243 e. The van der Waals surface area contributed by atoms with E-state index in [0.29, 0.717) is 16.5 Å². The van der Waals surface area contributed by atoms with Crippen molar-refractivity contribution >= 4 is 35.0 Å². The molecule has 1 saturated carbocycles. The van der Waals surface area contributed by atoms with Gasteiger partial charge < -0.3 is 10.2 Å². The largest absolute Gasteiger partial charge is 0.352 e. The van der Waals surface area contributed by atoms with E-state index in [9.17, 15) is 9.59 Å². The monoisotopic (exact) mass is 536 g/mol. The van der Waals surface area contributed by atoms with Gasteiger partial charge in [-0.1, -0.05) is 96.2 Å². The van der Waals surface area contributed by atoms with Crippen LogP contribution in [0.25, 0.3) is 0 Å². The Kier molecular flexibility index (Phi) is 9.28. The van der Waals surface area contributed by atoms with Gasteiger partial charge in [0.2, 0.25) is 11.8 Å². The number of hydrogen-bond donors (Lipinski definition) is 1. The predicted octanol–water partition coefficient (Wildman–Crippen LogP) is 6.85. The number of rotatable bonds is 9. The summed E-state index contributed by atoms with van der Waals surface area (Å²) in [6, 6.07) is 20.7. The molecule has 1 fully saturated rings. The zero-order valence-corrected chi connectivity index (χ0v) is 23.0. The molecule has 2 amide bonds. The summed E-state index contributed by atoms with van der Waals surface area (Å²) < 4.78 is 0. The van der Waals surface area contributed by atoms with E-state index in [1.54, 1.807) is 17.0 Å². The molecule has 0 saturated heterocycles. The number of aryl methyl sites for hydroxylation is 2. The van der Waals surface area contributed by atoms with Crippen LogP contribution in [-0.4, -0.2) is 28.8 Å². The lowest BCUT2D eigenvalue weighted by atomic mass is 9.99. The second-order valence-electron chi connectivity index (χ2n) is 10.1. The number of amides is 2. The summed E-state index contributed by atoms with van der Waals surface area (Å²) in [5.74, 6) is -0.225. The highest BCUT2D eigenvalue weighted by molar-refractivity contribution is 6.35. The summed E-state index contributed by atoms with van der Waals surface area (Å²) in [4.78, 5) is 29.5. The molecule has 0 radical (unpaired) electrons. The van der Waals surface area contributed by atoms with Crippen LogP contribution in [0.1, 0.15) is 53.5 Å². The van der Waals surface area contributed by atoms with Crippen molar-refractivity contribution in [1.29, 1.82) is 0 Å². The number of nitrogens with zero attached hydrogens (tertiary/aromatic N) is 1. The Hall–Kier alpha value is -2.82. The molecule has 1 aliphatic rings. The van der Waals surface area contributed by atoms with E-state index < -0.39 is 6.04 Å². The standard InChI is InChI=1S/C31H34Cl2N2O2/c1-21-12-13-22(2)25(16-21)18-30(36)35(20-24-14-15-26(32)19-28(24)33)29(17-23-8-4-3-5-9-23)31(37)34-27-10-6-7-11-27/h3-5,8-9,12-16,19,27,29H,6-7,10-11,17-18,20H2,1-2H3,(H,34,37). The Bertz CT molecular complexity index is 1240. The summed E-state index contributed by atoms with van der Waals surface area (Å²) >= 11 is 12.7. The van der Waals surface area contributed by atoms with Crippen LogP contribution in [0.2, 0.25) is 10.0 Å². The van der Waals surface area contributed by atoms with E-state index in [2.05, 4.69) is 5.32 Å². The molecule has 0 spiro atoms. The van der Waals surface area contributed by atoms with Crippen LogP contribution in [0.3, 0.4) is 0 Å². The van der Waals surface area contributed by atoms with Gasteiger partial charge in [-0.3, -0.25) is 9.59 Å². The summed E-state index contributed by atoms with van der Waals surface area (Å²) in [5.41, 5.74) is 4.87. The van der Waals surface area contributed by atoms with Crippen molar-refractivity contribution in [3.63, 3.8) is 0 Å². The number of carbonyl (C=O) groups is 2. The SMILES string of the molecule is Cc1ccc(C)c(CC(=O)N(Cc2ccc(Cl)cc2Cl)C(Cc2ccccc2)C(=O)NC2CCCC2)c1. The molecule has 4 rings (SSSR count).